The molecule has 1 heterocycles. The molecule has 0 unspecified atom stereocenters. The van der Waals surface area contributed by atoms with E-state index in [1.807, 2.05) is 0 Å². The standard InChI is InChI=1S/C16H26N2O/c1-14-5-6-16(13-15(14)2)19-12-4-10-18-9-3-7-17-8-11-18/h5-6,13,17H,3-4,7-12H2,1-2H3. The molecule has 1 aliphatic rings. The molecule has 1 aliphatic heterocycles. The second-order valence-electron chi connectivity index (χ2n) is 5.39. The lowest BCUT2D eigenvalue weighted by atomic mass is 10.1. The van der Waals surface area contributed by atoms with Gasteiger partial charge < -0.3 is 15.0 Å². The molecule has 0 atom stereocenters. The number of hydrogen-bond acceptors (Lipinski definition) is 3. The van der Waals surface area contributed by atoms with Gasteiger partial charge in [-0.15, -0.1) is 0 Å². The minimum Gasteiger partial charge on any atom is -0.494 e. The minimum atomic E-state index is 0.812. The molecule has 1 aromatic rings. The molecule has 0 aliphatic carbocycles. The molecule has 0 aromatic heterocycles. The topological polar surface area (TPSA) is 24.5 Å². The molecule has 0 saturated carbocycles. The summed E-state index contributed by atoms with van der Waals surface area (Å²) in [6.07, 6.45) is 2.37. The lowest BCUT2D eigenvalue weighted by Gasteiger charge is -2.19. The molecule has 0 spiro atoms. The van der Waals surface area contributed by atoms with Gasteiger partial charge in [0.25, 0.3) is 0 Å². The highest BCUT2D eigenvalue weighted by molar-refractivity contribution is 5.33. The van der Waals surface area contributed by atoms with Crippen molar-refractivity contribution in [1.29, 1.82) is 0 Å². The van der Waals surface area contributed by atoms with Gasteiger partial charge in [-0.3, -0.25) is 0 Å². The maximum Gasteiger partial charge on any atom is 0.119 e. The largest absolute Gasteiger partial charge is 0.494 e. The fraction of sp³-hybridized carbons (Fsp3) is 0.625. The Morgan fingerprint density at radius 2 is 2.05 bits per heavy atom. The van der Waals surface area contributed by atoms with Crippen LogP contribution >= 0.6 is 0 Å². The van der Waals surface area contributed by atoms with E-state index < -0.39 is 0 Å². The van der Waals surface area contributed by atoms with Crippen molar-refractivity contribution in [2.24, 2.45) is 0 Å². The van der Waals surface area contributed by atoms with Gasteiger partial charge in [-0.25, -0.2) is 0 Å². The van der Waals surface area contributed by atoms with Gasteiger partial charge in [0.1, 0.15) is 5.75 Å². The third-order valence-corrected chi connectivity index (χ3v) is 3.80. The van der Waals surface area contributed by atoms with E-state index in [1.165, 1.54) is 30.6 Å². The van der Waals surface area contributed by atoms with Crippen LogP contribution in [0.5, 0.6) is 5.75 Å². The highest BCUT2D eigenvalue weighted by Gasteiger charge is 2.07. The molecular formula is C16H26N2O. The van der Waals surface area contributed by atoms with Crippen LogP contribution in [0.1, 0.15) is 24.0 Å². The van der Waals surface area contributed by atoms with E-state index in [0.29, 0.717) is 0 Å². The summed E-state index contributed by atoms with van der Waals surface area (Å²) < 4.78 is 5.82. The molecule has 1 saturated heterocycles. The molecule has 3 heteroatoms. The number of nitrogens with one attached hydrogen (secondary N) is 1. The van der Waals surface area contributed by atoms with Crippen molar-refractivity contribution in [3.63, 3.8) is 0 Å². The molecule has 2 rings (SSSR count). The van der Waals surface area contributed by atoms with Gasteiger partial charge >= 0.3 is 0 Å². The molecule has 0 radical (unpaired) electrons. The predicted octanol–water partition coefficient (Wildman–Crippen LogP) is 2.37. The highest BCUT2D eigenvalue weighted by Crippen LogP contribution is 2.16. The first kappa shape index (κ1) is 14.4. The fourth-order valence-corrected chi connectivity index (χ4v) is 2.41. The number of ether oxygens (including phenoxy) is 1. The molecule has 0 amide bonds. The second-order valence-corrected chi connectivity index (χ2v) is 5.39. The lowest BCUT2D eigenvalue weighted by molar-refractivity contribution is 0.243. The van der Waals surface area contributed by atoms with E-state index in [1.54, 1.807) is 0 Å². The Bertz CT molecular complexity index is 384. The number of aryl methyl sites for hydroxylation is 2. The van der Waals surface area contributed by atoms with Crippen molar-refractivity contribution in [1.82, 2.24) is 10.2 Å². The van der Waals surface area contributed by atoms with Crippen molar-refractivity contribution in [3.8, 4) is 5.75 Å². The Morgan fingerprint density at radius 3 is 2.89 bits per heavy atom. The Labute approximate surface area is 116 Å². The Morgan fingerprint density at radius 1 is 1.16 bits per heavy atom. The number of benzene rings is 1. The average molecular weight is 262 g/mol. The zero-order chi connectivity index (χ0) is 13.5. The predicted molar refractivity (Wildman–Crippen MR) is 80.0 cm³/mol. The third-order valence-electron chi connectivity index (χ3n) is 3.80. The number of hydrogen-bond donors (Lipinski definition) is 1. The van der Waals surface area contributed by atoms with E-state index >= 15 is 0 Å². The summed E-state index contributed by atoms with van der Waals surface area (Å²) in [5, 5.41) is 3.43. The molecule has 19 heavy (non-hydrogen) atoms. The van der Waals surface area contributed by atoms with Gasteiger partial charge in [0.2, 0.25) is 0 Å². The normalized spacial score (nSPS) is 17.2. The highest BCUT2D eigenvalue weighted by atomic mass is 16.5. The van der Waals surface area contributed by atoms with Gasteiger partial charge in [0.05, 0.1) is 6.61 Å². The smallest absolute Gasteiger partial charge is 0.119 e. The first-order valence-corrected chi connectivity index (χ1v) is 7.39. The molecule has 1 N–H and O–H groups in total. The van der Waals surface area contributed by atoms with E-state index in [2.05, 4.69) is 42.3 Å². The van der Waals surface area contributed by atoms with Crippen molar-refractivity contribution < 1.29 is 4.74 Å². The molecule has 1 aromatic carbocycles. The van der Waals surface area contributed by atoms with Crippen LogP contribution in [-0.4, -0.2) is 44.2 Å². The molecule has 1 fully saturated rings. The number of nitrogens with zero attached hydrogens (tertiary/aromatic N) is 1. The Balaban J connectivity index is 1.67. The third kappa shape index (κ3) is 4.84. The lowest BCUT2D eigenvalue weighted by Crippen LogP contribution is -2.29. The van der Waals surface area contributed by atoms with Gasteiger partial charge in [-0.05, 0) is 63.0 Å². The zero-order valence-electron chi connectivity index (χ0n) is 12.2. The van der Waals surface area contributed by atoms with Gasteiger partial charge in [-0.2, -0.15) is 0 Å². The van der Waals surface area contributed by atoms with E-state index in [9.17, 15) is 0 Å². The van der Waals surface area contributed by atoms with Gasteiger partial charge in [0.15, 0.2) is 0 Å². The first-order valence-electron chi connectivity index (χ1n) is 7.39. The zero-order valence-corrected chi connectivity index (χ0v) is 12.2. The second kappa shape index (κ2) is 7.51. The first-order chi connectivity index (χ1) is 9.25. The van der Waals surface area contributed by atoms with Crippen LogP contribution in [-0.2, 0) is 0 Å². The molecular weight excluding hydrogens is 236 g/mol. The summed E-state index contributed by atoms with van der Waals surface area (Å²) in [4.78, 5) is 2.53. The van der Waals surface area contributed by atoms with Gasteiger partial charge in [0, 0.05) is 19.6 Å². The Hall–Kier alpha value is -1.06. The molecule has 0 bridgehead atoms. The van der Waals surface area contributed by atoms with Crippen LogP contribution < -0.4 is 10.1 Å². The minimum absolute atomic E-state index is 0.812. The maximum atomic E-state index is 5.82. The van der Waals surface area contributed by atoms with Crippen molar-refractivity contribution in [2.45, 2.75) is 26.7 Å². The van der Waals surface area contributed by atoms with Crippen LogP contribution in [0.25, 0.3) is 0 Å². The van der Waals surface area contributed by atoms with Crippen molar-refractivity contribution in [3.05, 3.63) is 29.3 Å². The SMILES string of the molecule is Cc1ccc(OCCCN2CCCNCC2)cc1C. The monoisotopic (exact) mass is 262 g/mol. The van der Waals surface area contributed by atoms with Crippen molar-refractivity contribution >= 4 is 0 Å². The fourth-order valence-electron chi connectivity index (χ4n) is 2.41. The summed E-state index contributed by atoms with van der Waals surface area (Å²) >= 11 is 0. The summed E-state index contributed by atoms with van der Waals surface area (Å²) in [6, 6.07) is 6.33. The van der Waals surface area contributed by atoms with E-state index in [-0.39, 0.29) is 0 Å². The van der Waals surface area contributed by atoms with Crippen LogP contribution in [0.15, 0.2) is 18.2 Å². The maximum absolute atomic E-state index is 5.82. The molecule has 106 valence electrons. The summed E-state index contributed by atoms with van der Waals surface area (Å²) in [5.41, 5.74) is 2.63. The molecule has 3 nitrogen and oxygen atoms in total. The Kier molecular flexibility index (Phi) is 5.67. The van der Waals surface area contributed by atoms with Crippen LogP contribution in [0.2, 0.25) is 0 Å². The van der Waals surface area contributed by atoms with Gasteiger partial charge in [-0.1, -0.05) is 6.07 Å². The van der Waals surface area contributed by atoms with Crippen LogP contribution in [0.3, 0.4) is 0 Å². The van der Waals surface area contributed by atoms with E-state index in [0.717, 1.165) is 38.4 Å². The summed E-state index contributed by atoms with van der Waals surface area (Å²) in [6.45, 7) is 10.9. The number of rotatable bonds is 5. The van der Waals surface area contributed by atoms with Crippen molar-refractivity contribution in [2.75, 3.05) is 39.3 Å². The summed E-state index contributed by atoms with van der Waals surface area (Å²) in [5.74, 6) is 1.00. The van der Waals surface area contributed by atoms with Crippen LogP contribution in [0, 0.1) is 13.8 Å². The average Bonchev–Trinajstić information content (AvgIpc) is 2.67. The quantitative estimate of drug-likeness (QED) is 0.825. The van der Waals surface area contributed by atoms with Crippen LogP contribution in [0.4, 0.5) is 0 Å². The van der Waals surface area contributed by atoms with E-state index in [4.69, 9.17) is 4.74 Å². The summed E-state index contributed by atoms with van der Waals surface area (Å²) in [7, 11) is 0.